The third kappa shape index (κ3) is 3.27. The predicted molar refractivity (Wildman–Crippen MR) is 67.3 cm³/mol. The molecule has 0 amide bonds. The standard InChI is InChI=1S/C11H11Cl3O2/c1-2-3-16-11-8(13)4-7(5-9(11)14)10(15)6-12/h4-5H,2-3,6H2,1H3. The van der Waals surface area contributed by atoms with Crippen LogP contribution in [0.15, 0.2) is 12.1 Å². The maximum absolute atomic E-state index is 11.4. The minimum atomic E-state index is -0.215. The number of halogens is 3. The first kappa shape index (κ1) is 13.6. The van der Waals surface area contributed by atoms with Gasteiger partial charge < -0.3 is 4.74 Å². The van der Waals surface area contributed by atoms with E-state index in [9.17, 15) is 4.79 Å². The van der Waals surface area contributed by atoms with E-state index in [0.29, 0.717) is 28.0 Å². The van der Waals surface area contributed by atoms with E-state index in [0.717, 1.165) is 6.42 Å². The quantitative estimate of drug-likeness (QED) is 0.597. The summed E-state index contributed by atoms with van der Waals surface area (Å²) in [7, 11) is 0. The molecule has 1 rings (SSSR count). The van der Waals surface area contributed by atoms with Crippen LogP contribution < -0.4 is 4.74 Å². The van der Waals surface area contributed by atoms with Crippen molar-refractivity contribution in [3.63, 3.8) is 0 Å². The molecular formula is C11H11Cl3O2. The van der Waals surface area contributed by atoms with Crippen molar-refractivity contribution in [1.29, 1.82) is 0 Å². The summed E-state index contributed by atoms with van der Waals surface area (Å²) in [5.41, 5.74) is 0.397. The van der Waals surface area contributed by atoms with Gasteiger partial charge in [-0.25, -0.2) is 0 Å². The van der Waals surface area contributed by atoms with Crippen LogP contribution in [0.3, 0.4) is 0 Å². The fourth-order valence-electron chi connectivity index (χ4n) is 1.14. The Labute approximate surface area is 109 Å². The summed E-state index contributed by atoms with van der Waals surface area (Å²) >= 11 is 17.4. The van der Waals surface area contributed by atoms with Crippen molar-refractivity contribution in [2.24, 2.45) is 0 Å². The summed E-state index contributed by atoms with van der Waals surface area (Å²) in [4.78, 5) is 11.4. The number of rotatable bonds is 5. The Morgan fingerprint density at radius 3 is 2.31 bits per heavy atom. The summed E-state index contributed by atoms with van der Waals surface area (Å²) in [6, 6.07) is 3.03. The molecule has 0 aliphatic carbocycles. The molecule has 0 aliphatic heterocycles. The largest absolute Gasteiger partial charge is 0.490 e. The molecule has 88 valence electrons. The number of carbonyl (C=O) groups is 1. The van der Waals surface area contributed by atoms with Crippen LogP contribution in [0.25, 0.3) is 0 Å². The lowest BCUT2D eigenvalue weighted by atomic mass is 10.1. The van der Waals surface area contributed by atoms with Gasteiger partial charge in [-0.1, -0.05) is 30.1 Å². The Hall–Kier alpha value is -0.440. The van der Waals surface area contributed by atoms with E-state index in [2.05, 4.69) is 0 Å². The maximum Gasteiger partial charge on any atom is 0.177 e. The summed E-state index contributed by atoms with van der Waals surface area (Å²) in [6.45, 7) is 2.51. The molecule has 0 aliphatic rings. The minimum Gasteiger partial charge on any atom is -0.490 e. The van der Waals surface area contributed by atoms with Gasteiger partial charge in [0.05, 0.1) is 22.5 Å². The number of Topliss-reactive ketones (excluding diaryl/α,β-unsaturated/α-hetero) is 1. The number of ether oxygens (including phenoxy) is 1. The number of alkyl halides is 1. The van der Waals surface area contributed by atoms with E-state index < -0.39 is 0 Å². The van der Waals surface area contributed by atoms with Crippen LogP contribution in [0.4, 0.5) is 0 Å². The topological polar surface area (TPSA) is 26.3 Å². The van der Waals surface area contributed by atoms with Gasteiger partial charge in [-0.05, 0) is 18.6 Å². The smallest absolute Gasteiger partial charge is 0.177 e. The Bertz CT molecular complexity index is 368. The summed E-state index contributed by atoms with van der Waals surface area (Å²) in [5, 5.41) is 0.656. The zero-order chi connectivity index (χ0) is 12.1. The van der Waals surface area contributed by atoms with Crippen molar-refractivity contribution < 1.29 is 9.53 Å². The van der Waals surface area contributed by atoms with Gasteiger partial charge in [-0.2, -0.15) is 0 Å². The number of ketones is 1. The second-order valence-electron chi connectivity index (χ2n) is 3.17. The first-order chi connectivity index (χ1) is 7.60. The van der Waals surface area contributed by atoms with E-state index in [1.165, 1.54) is 12.1 Å². The average Bonchev–Trinajstić information content (AvgIpc) is 2.26. The highest BCUT2D eigenvalue weighted by Crippen LogP contribution is 2.34. The SMILES string of the molecule is CCCOc1c(Cl)cc(C(=O)CCl)cc1Cl. The lowest BCUT2D eigenvalue weighted by Crippen LogP contribution is -2.02. The van der Waals surface area contributed by atoms with Crippen LogP contribution in [0, 0.1) is 0 Å². The molecule has 16 heavy (non-hydrogen) atoms. The average molecular weight is 282 g/mol. The van der Waals surface area contributed by atoms with Gasteiger partial charge in [0.25, 0.3) is 0 Å². The zero-order valence-corrected chi connectivity index (χ0v) is 11.0. The third-order valence-corrected chi connectivity index (χ3v) is 2.70. The van der Waals surface area contributed by atoms with Crippen molar-refractivity contribution in [2.45, 2.75) is 13.3 Å². The molecule has 0 aromatic heterocycles. The van der Waals surface area contributed by atoms with Crippen molar-refractivity contribution >= 4 is 40.6 Å². The van der Waals surface area contributed by atoms with Gasteiger partial charge in [0.15, 0.2) is 11.5 Å². The number of hydrogen-bond donors (Lipinski definition) is 0. The maximum atomic E-state index is 11.4. The van der Waals surface area contributed by atoms with Crippen molar-refractivity contribution in [2.75, 3.05) is 12.5 Å². The van der Waals surface area contributed by atoms with Gasteiger partial charge in [0.1, 0.15) is 0 Å². The fourth-order valence-corrected chi connectivity index (χ4v) is 1.89. The molecule has 0 bridgehead atoms. The first-order valence-electron chi connectivity index (χ1n) is 4.81. The van der Waals surface area contributed by atoms with Crippen LogP contribution in [0.5, 0.6) is 5.75 Å². The molecule has 0 atom stereocenters. The molecule has 0 unspecified atom stereocenters. The molecule has 1 aromatic rings. The van der Waals surface area contributed by atoms with E-state index >= 15 is 0 Å². The van der Waals surface area contributed by atoms with Gasteiger partial charge in [-0.3, -0.25) is 4.79 Å². The van der Waals surface area contributed by atoms with E-state index in [1.807, 2.05) is 6.92 Å². The number of carbonyl (C=O) groups excluding carboxylic acids is 1. The van der Waals surface area contributed by atoms with Crippen LogP contribution in [0.1, 0.15) is 23.7 Å². The predicted octanol–water partition coefficient (Wildman–Crippen LogP) is 4.20. The molecule has 1 aromatic carbocycles. The number of benzene rings is 1. The van der Waals surface area contributed by atoms with Crippen LogP contribution >= 0.6 is 34.8 Å². The van der Waals surface area contributed by atoms with Crippen molar-refractivity contribution in [1.82, 2.24) is 0 Å². The highest BCUT2D eigenvalue weighted by atomic mass is 35.5. The zero-order valence-electron chi connectivity index (χ0n) is 8.73. The van der Waals surface area contributed by atoms with Crippen molar-refractivity contribution in [3.05, 3.63) is 27.7 Å². The van der Waals surface area contributed by atoms with E-state index in [4.69, 9.17) is 39.5 Å². The summed E-state index contributed by atoms with van der Waals surface area (Å²) in [6.07, 6.45) is 0.856. The van der Waals surface area contributed by atoms with Gasteiger partial charge in [0, 0.05) is 5.56 Å². The number of hydrogen-bond acceptors (Lipinski definition) is 2. The normalized spacial score (nSPS) is 10.2. The third-order valence-electron chi connectivity index (χ3n) is 1.89. The molecule has 0 N–H and O–H groups in total. The Balaban J connectivity index is 3.02. The van der Waals surface area contributed by atoms with Crippen LogP contribution in [-0.2, 0) is 0 Å². The summed E-state index contributed by atoms with van der Waals surface area (Å²) in [5.74, 6) is 0.103. The molecule has 0 radical (unpaired) electrons. The van der Waals surface area contributed by atoms with E-state index in [-0.39, 0.29) is 11.7 Å². The molecule has 0 fully saturated rings. The molecule has 0 saturated heterocycles. The second-order valence-corrected chi connectivity index (χ2v) is 4.26. The first-order valence-corrected chi connectivity index (χ1v) is 6.10. The molecule has 0 spiro atoms. The fraction of sp³-hybridized carbons (Fsp3) is 0.364. The molecule has 0 saturated carbocycles. The Morgan fingerprint density at radius 2 is 1.88 bits per heavy atom. The van der Waals surface area contributed by atoms with E-state index in [1.54, 1.807) is 0 Å². The lowest BCUT2D eigenvalue weighted by molar-refractivity contribution is 0.102. The highest BCUT2D eigenvalue weighted by Gasteiger charge is 2.13. The molecular weight excluding hydrogens is 270 g/mol. The van der Waals surface area contributed by atoms with Crippen molar-refractivity contribution in [3.8, 4) is 5.75 Å². The van der Waals surface area contributed by atoms with Crippen LogP contribution in [0.2, 0.25) is 10.0 Å². The van der Waals surface area contributed by atoms with Gasteiger partial charge in [-0.15, -0.1) is 11.6 Å². The van der Waals surface area contributed by atoms with Crippen LogP contribution in [-0.4, -0.2) is 18.3 Å². The molecule has 0 heterocycles. The second kappa shape index (κ2) is 6.33. The highest BCUT2D eigenvalue weighted by molar-refractivity contribution is 6.38. The summed E-state index contributed by atoms with van der Waals surface area (Å²) < 4.78 is 5.38. The van der Waals surface area contributed by atoms with Gasteiger partial charge in [0.2, 0.25) is 0 Å². The minimum absolute atomic E-state index is 0.0954. The molecule has 2 nitrogen and oxygen atoms in total. The monoisotopic (exact) mass is 280 g/mol. The lowest BCUT2D eigenvalue weighted by Gasteiger charge is -2.10. The Kier molecular flexibility index (Phi) is 5.39. The Morgan fingerprint density at radius 1 is 1.31 bits per heavy atom. The molecule has 5 heteroatoms. The van der Waals surface area contributed by atoms with Gasteiger partial charge >= 0.3 is 0 Å².